The number of aryl methyl sites for hydroxylation is 1. The molecular weight excluding hydrogens is 304 g/mol. The van der Waals surface area contributed by atoms with Gasteiger partial charge in [0.25, 0.3) is 0 Å². The van der Waals surface area contributed by atoms with Crippen molar-refractivity contribution in [3.8, 4) is 11.5 Å². The van der Waals surface area contributed by atoms with Crippen LogP contribution in [0.2, 0.25) is 0 Å². The number of hydrogen-bond acceptors (Lipinski definition) is 6. The topological polar surface area (TPSA) is 72.9 Å². The third-order valence-electron chi connectivity index (χ3n) is 4.36. The van der Waals surface area contributed by atoms with Gasteiger partial charge in [0.15, 0.2) is 0 Å². The summed E-state index contributed by atoms with van der Waals surface area (Å²) in [7, 11) is 0. The van der Waals surface area contributed by atoms with E-state index in [1.165, 1.54) is 18.4 Å². The van der Waals surface area contributed by atoms with Crippen molar-refractivity contribution < 1.29 is 4.52 Å². The van der Waals surface area contributed by atoms with Crippen LogP contribution in [0, 0.1) is 6.92 Å². The maximum absolute atomic E-state index is 5.42. The van der Waals surface area contributed by atoms with E-state index < -0.39 is 0 Å². The molecule has 7 nitrogen and oxygen atoms in total. The number of nitrogens with zero attached hydrogens (tertiary/aromatic N) is 6. The molecule has 0 spiro atoms. The van der Waals surface area contributed by atoms with Gasteiger partial charge in [-0.25, -0.2) is 0 Å². The molecule has 0 N–H and O–H groups in total. The number of rotatable bonds is 5. The van der Waals surface area contributed by atoms with E-state index in [1.54, 1.807) is 6.20 Å². The second-order valence-corrected chi connectivity index (χ2v) is 6.23. The van der Waals surface area contributed by atoms with E-state index in [9.17, 15) is 0 Å². The van der Waals surface area contributed by atoms with Crippen molar-refractivity contribution in [1.82, 2.24) is 29.8 Å². The largest absolute Gasteiger partial charge is 0.337 e. The van der Waals surface area contributed by atoms with Crippen LogP contribution in [0.1, 0.15) is 24.3 Å². The fourth-order valence-electron chi connectivity index (χ4n) is 3.18. The average Bonchev–Trinajstić information content (AvgIpc) is 3.32. The normalized spacial score (nSPS) is 18.3. The molecule has 124 valence electrons. The van der Waals surface area contributed by atoms with E-state index in [2.05, 4.69) is 38.2 Å². The van der Waals surface area contributed by atoms with Crippen LogP contribution in [-0.4, -0.2) is 42.4 Å². The van der Waals surface area contributed by atoms with E-state index >= 15 is 0 Å². The first kappa shape index (κ1) is 15.0. The quantitative estimate of drug-likeness (QED) is 0.717. The molecule has 1 aliphatic heterocycles. The molecule has 4 heterocycles. The lowest BCUT2D eigenvalue weighted by Crippen LogP contribution is -2.32. The number of pyridine rings is 1. The molecule has 1 saturated heterocycles. The first-order valence-electron chi connectivity index (χ1n) is 8.25. The van der Waals surface area contributed by atoms with Crippen molar-refractivity contribution >= 4 is 0 Å². The number of hydrogen-bond donors (Lipinski definition) is 0. The Morgan fingerprint density at radius 3 is 3.08 bits per heavy atom. The molecule has 7 heteroatoms. The molecule has 0 aromatic carbocycles. The second-order valence-electron chi connectivity index (χ2n) is 6.23. The lowest BCUT2D eigenvalue weighted by molar-refractivity contribution is 0.192. The van der Waals surface area contributed by atoms with E-state index in [1.807, 2.05) is 29.1 Å². The summed E-state index contributed by atoms with van der Waals surface area (Å²) in [5.41, 5.74) is 1.92. The molecule has 3 aromatic heterocycles. The average molecular weight is 324 g/mol. The Labute approximate surface area is 140 Å². The molecule has 1 fully saturated rings. The molecule has 1 atom stereocenters. The van der Waals surface area contributed by atoms with Gasteiger partial charge in [-0.1, -0.05) is 11.2 Å². The zero-order valence-corrected chi connectivity index (χ0v) is 13.7. The Bertz CT molecular complexity index is 796. The first-order chi connectivity index (χ1) is 11.8. The van der Waals surface area contributed by atoms with Gasteiger partial charge in [-0.05, 0) is 44.0 Å². The molecule has 1 aliphatic rings. The van der Waals surface area contributed by atoms with E-state index in [0.29, 0.717) is 24.3 Å². The van der Waals surface area contributed by atoms with Gasteiger partial charge in [0, 0.05) is 18.4 Å². The SMILES string of the molecule is Cc1cnn(CC2CCCN2Cc2nc(-c3ccccn3)no2)c1. The van der Waals surface area contributed by atoms with Crippen molar-refractivity contribution in [3.05, 3.63) is 48.2 Å². The minimum Gasteiger partial charge on any atom is -0.337 e. The van der Waals surface area contributed by atoms with Crippen molar-refractivity contribution in [1.29, 1.82) is 0 Å². The summed E-state index contributed by atoms with van der Waals surface area (Å²) in [6.45, 7) is 4.68. The van der Waals surface area contributed by atoms with Crippen LogP contribution in [0.5, 0.6) is 0 Å². The van der Waals surface area contributed by atoms with Gasteiger partial charge in [0.1, 0.15) is 5.69 Å². The van der Waals surface area contributed by atoms with Crippen molar-refractivity contribution in [2.75, 3.05) is 6.54 Å². The first-order valence-corrected chi connectivity index (χ1v) is 8.25. The zero-order chi connectivity index (χ0) is 16.4. The lowest BCUT2D eigenvalue weighted by atomic mass is 10.2. The third-order valence-corrected chi connectivity index (χ3v) is 4.36. The molecule has 0 aliphatic carbocycles. The second kappa shape index (κ2) is 6.52. The third kappa shape index (κ3) is 3.21. The van der Waals surface area contributed by atoms with Gasteiger partial charge in [0.05, 0.1) is 19.3 Å². The highest BCUT2D eigenvalue weighted by Gasteiger charge is 2.27. The standard InChI is InChI=1S/C17H20N6O/c1-13-9-19-23(10-13)11-14-5-4-8-22(14)12-16-20-17(21-24-16)15-6-2-3-7-18-15/h2-3,6-7,9-10,14H,4-5,8,11-12H2,1H3. The molecule has 0 bridgehead atoms. The maximum Gasteiger partial charge on any atom is 0.241 e. The van der Waals surface area contributed by atoms with Gasteiger partial charge in [-0.2, -0.15) is 10.1 Å². The molecule has 4 rings (SSSR count). The van der Waals surface area contributed by atoms with E-state index in [-0.39, 0.29) is 0 Å². The minimum absolute atomic E-state index is 0.453. The summed E-state index contributed by atoms with van der Waals surface area (Å²) in [6.07, 6.45) is 8.07. The van der Waals surface area contributed by atoms with Crippen LogP contribution in [0.15, 0.2) is 41.3 Å². The van der Waals surface area contributed by atoms with Crippen LogP contribution < -0.4 is 0 Å². The monoisotopic (exact) mass is 324 g/mol. The number of aromatic nitrogens is 5. The number of likely N-dealkylation sites (tertiary alicyclic amines) is 1. The Morgan fingerprint density at radius 1 is 1.33 bits per heavy atom. The van der Waals surface area contributed by atoms with Gasteiger partial charge in [0.2, 0.25) is 11.7 Å². The van der Waals surface area contributed by atoms with Gasteiger partial charge in [-0.15, -0.1) is 0 Å². The summed E-state index contributed by atoms with van der Waals surface area (Å²) < 4.78 is 7.44. The van der Waals surface area contributed by atoms with E-state index in [0.717, 1.165) is 18.8 Å². The molecule has 1 unspecified atom stereocenters. The summed E-state index contributed by atoms with van der Waals surface area (Å²) in [5, 5.41) is 8.44. The molecule has 0 radical (unpaired) electrons. The Balaban J connectivity index is 1.43. The maximum atomic E-state index is 5.42. The van der Waals surface area contributed by atoms with Gasteiger partial charge < -0.3 is 4.52 Å². The van der Waals surface area contributed by atoms with Crippen molar-refractivity contribution in [3.63, 3.8) is 0 Å². The lowest BCUT2D eigenvalue weighted by Gasteiger charge is -2.22. The summed E-state index contributed by atoms with van der Waals surface area (Å²) >= 11 is 0. The smallest absolute Gasteiger partial charge is 0.241 e. The molecule has 24 heavy (non-hydrogen) atoms. The molecule has 0 amide bonds. The fraction of sp³-hybridized carbons (Fsp3) is 0.412. The van der Waals surface area contributed by atoms with E-state index in [4.69, 9.17) is 4.52 Å². The highest BCUT2D eigenvalue weighted by atomic mass is 16.5. The van der Waals surface area contributed by atoms with Crippen molar-refractivity contribution in [2.45, 2.75) is 38.9 Å². The van der Waals surface area contributed by atoms with Gasteiger partial charge in [-0.3, -0.25) is 14.6 Å². The predicted octanol–water partition coefficient (Wildman–Crippen LogP) is 2.30. The highest BCUT2D eigenvalue weighted by Crippen LogP contribution is 2.22. The summed E-state index contributed by atoms with van der Waals surface area (Å²) in [5.74, 6) is 1.18. The Morgan fingerprint density at radius 2 is 2.29 bits per heavy atom. The predicted molar refractivity (Wildman–Crippen MR) is 87.9 cm³/mol. The minimum atomic E-state index is 0.453. The zero-order valence-electron chi connectivity index (χ0n) is 13.7. The Kier molecular flexibility index (Phi) is 4.08. The summed E-state index contributed by atoms with van der Waals surface area (Å²) in [6, 6.07) is 6.12. The summed E-state index contributed by atoms with van der Waals surface area (Å²) in [4.78, 5) is 11.1. The molecular formula is C17H20N6O. The molecule has 3 aromatic rings. The van der Waals surface area contributed by atoms with Crippen LogP contribution >= 0.6 is 0 Å². The van der Waals surface area contributed by atoms with Gasteiger partial charge >= 0.3 is 0 Å². The van der Waals surface area contributed by atoms with Crippen molar-refractivity contribution in [2.24, 2.45) is 0 Å². The van der Waals surface area contributed by atoms with Crippen LogP contribution in [0.4, 0.5) is 0 Å². The van der Waals surface area contributed by atoms with Crippen LogP contribution in [0.25, 0.3) is 11.5 Å². The molecule has 0 saturated carbocycles. The fourth-order valence-corrected chi connectivity index (χ4v) is 3.18. The highest BCUT2D eigenvalue weighted by molar-refractivity contribution is 5.46. The van der Waals surface area contributed by atoms with Crippen LogP contribution in [0.3, 0.4) is 0 Å². The Hall–Kier alpha value is -2.54. The van der Waals surface area contributed by atoms with Crippen LogP contribution in [-0.2, 0) is 13.1 Å².